The Labute approximate surface area is 394 Å². The molecule has 4 bridgehead atoms. The number of hydrogen-bond acceptors (Lipinski definition) is 6. The summed E-state index contributed by atoms with van der Waals surface area (Å²) in [4.78, 5) is 32.2. The van der Waals surface area contributed by atoms with E-state index >= 15 is 4.79 Å². The van der Waals surface area contributed by atoms with Gasteiger partial charge in [0.1, 0.15) is 11.9 Å². The Hall–Kier alpha value is -3.08. The third kappa shape index (κ3) is 6.83. The third-order valence-corrected chi connectivity index (χ3v) is 21.1. The summed E-state index contributed by atoms with van der Waals surface area (Å²) < 4.78 is 54.4. The topological polar surface area (TPSA) is 100 Å². The predicted molar refractivity (Wildman–Crippen MR) is 248 cm³/mol. The number of Topliss-reactive ketones (excluding diaryl/α,β-unsaturated/α-hetero) is 1. The van der Waals surface area contributed by atoms with Crippen LogP contribution in [0.1, 0.15) is 148 Å². The molecule has 1 unspecified atom stereocenters. The van der Waals surface area contributed by atoms with Gasteiger partial charge in [-0.05, 0) is 166 Å². The lowest BCUT2D eigenvalue weighted by atomic mass is 9.32. The van der Waals surface area contributed by atoms with Crippen LogP contribution in [0.4, 0.5) is 18.0 Å². The molecule has 11 heteroatoms. The SMILES string of the molecule is CC(C)[C@H]1CC[C@H](C)C[C@@H]1OC(=O)N(C[C@@H]1CC[C@H]2C[C@@H]1C2(C)C)C[C@]1(O)CC[C@H]2[C@]34C=C[C@@]5(C=C3C(=O)c3ccc(-c6cc(C(F)(F)F)ccc6Cl)o3)CC(O)CC[C@]5(C)[C@H]4CC[C@@]21C. The van der Waals surface area contributed by atoms with Crippen molar-refractivity contribution in [2.45, 2.75) is 156 Å². The monoisotopic (exact) mass is 933 g/mol. The number of nitrogens with zero attached hydrogens (tertiary/aromatic N) is 1. The quantitative estimate of drug-likeness (QED) is 0.192. The number of alkyl halides is 3. The first-order valence-electron chi connectivity index (χ1n) is 25.3. The molecule has 14 atom stereocenters. The van der Waals surface area contributed by atoms with Crippen LogP contribution in [0, 0.1) is 74.4 Å². The summed E-state index contributed by atoms with van der Waals surface area (Å²) in [7, 11) is 0. The molecule has 1 heterocycles. The molecule has 10 aliphatic carbocycles. The number of carbonyl (C=O) groups excluding carboxylic acids is 2. The van der Waals surface area contributed by atoms with Gasteiger partial charge in [0.2, 0.25) is 5.78 Å². The van der Waals surface area contributed by atoms with Crippen molar-refractivity contribution >= 4 is 23.5 Å². The lowest BCUT2D eigenvalue weighted by molar-refractivity contribution is -0.177. The van der Waals surface area contributed by atoms with Crippen LogP contribution < -0.4 is 0 Å². The van der Waals surface area contributed by atoms with E-state index in [0.717, 1.165) is 57.1 Å². The van der Waals surface area contributed by atoms with Crippen LogP contribution in [0.5, 0.6) is 0 Å². The highest BCUT2D eigenvalue weighted by atomic mass is 35.5. The van der Waals surface area contributed by atoms with Gasteiger partial charge in [-0.25, -0.2) is 4.79 Å². The summed E-state index contributed by atoms with van der Waals surface area (Å²) in [6.07, 6.45) is 11.8. The second kappa shape index (κ2) is 15.7. The van der Waals surface area contributed by atoms with Gasteiger partial charge in [0.25, 0.3) is 0 Å². The van der Waals surface area contributed by atoms with E-state index in [0.29, 0.717) is 73.8 Å². The van der Waals surface area contributed by atoms with E-state index in [4.69, 9.17) is 20.8 Å². The molecule has 2 spiro atoms. The molecule has 10 aliphatic rings. The molecular weight excluding hydrogens is 863 g/mol. The maximum atomic E-state index is 15.4. The van der Waals surface area contributed by atoms with Crippen LogP contribution in [0.3, 0.4) is 0 Å². The molecule has 66 heavy (non-hydrogen) atoms. The van der Waals surface area contributed by atoms with Crippen LogP contribution in [0.25, 0.3) is 11.3 Å². The molecule has 0 saturated heterocycles. The minimum absolute atomic E-state index is 0.00749. The van der Waals surface area contributed by atoms with Gasteiger partial charge in [0, 0.05) is 33.9 Å². The highest BCUT2D eigenvalue weighted by Gasteiger charge is 2.75. The number of halogens is 4. The van der Waals surface area contributed by atoms with Gasteiger partial charge in [0.05, 0.1) is 28.8 Å². The number of fused-ring (bicyclic) bond motifs is 3. The Morgan fingerprint density at radius 1 is 0.924 bits per heavy atom. The molecule has 360 valence electrons. The van der Waals surface area contributed by atoms with Crippen molar-refractivity contribution < 1.29 is 42.1 Å². The second-order valence-electron chi connectivity index (χ2n) is 24.3. The molecule has 7 fully saturated rings. The minimum Gasteiger partial charge on any atom is -0.453 e. The normalized spacial score (nSPS) is 41.9. The second-order valence-corrected chi connectivity index (χ2v) is 24.7. The number of ether oxygens (including phenoxy) is 1. The Bertz CT molecular complexity index is 2330. The van der Waals surface area contributed by atoms with Gasteiger partial charge < -0.3 is 24.3 Å². The molecule has 12 rings (SSSR count). The van der Waals surface area contributed by atoms with Crippen LogP contribution in [-0.4, -0.2) is 57.9 Å². The van der Waals surface area contributed by atoms with Crippen molar-refractivity contribution in [2.75, 3.05) is 13.1 Å². The summed E-state index contributed by atoms with van der Waals surface area (Å²) in [5.74, 6) is 2.23. The predicted octanol–water partition coefficient (Wildman–Crippen LogP) is 13.4. The maximum Gasteiger partial charge on any atom is 0.416 e. The number of aliphatic hydroxyl groups is 2. The number of amides is 1. The Morgan fingerprint density at radius 3 is 2.36 bits per heavy atom. The fourth-order valence-electron chi connectivity index (χ4n) is 16.7. The van der Waals surface area contributed by atoms with Crippen LogP contribution >= 0.6 is 11.6 Å². The molecule has 2 N–H and O–H groups in total. The lowest BCUT2D eigenvalue weighted by Gasteiger charge is -2.71. The van der Waals surface area contributed by atoms with Crippen molar-refractivity contribution in [3.63, 3.8) is 0 Å². The number of benzene rings is 1. The number of hydrogen-bond donors (Lipinski definition) is 2. The first-order chi connectivity index (χ1) is 31.0. The van der Waals surface area contributed by atoms with E-state index in [9.17, 15) is 28.2 Å². The molecule has 1 amide bonds. The van der Waals surface area contributed by atoms with E-state index in [1.807, 2.05) is 4.90 Å². The number of carbonyl (C=O) groups is 2. The van der Waals surface area contributed by atoms with Gasteiger partial charge >= 0.3 is 12.3 Å². The third-order valence-electron chi connectivity index (χ3n) is 20.7. The Kier molecular flexibility index (Phi) is 11.1. The van der Waals surface area contributed by atoms with E-state index in [2.05, 4.69) is 66.7 Å². The molecule has 2 aromatic rings. The van der Waals surface area contributed by atoms with Gasteiger partial charge in [0.15, 0.2) is 5.76 Å². The van der Waals surface area contributed by atoms with Gasteiger partial charge in [-0.3, -0.25) is 4.79 Å². The van der Waals surface area contributed by atoms with E-state index in [1.54, 1.807) is 0 Å². The highest BCUT2D eigenvalue weighted by Crippen LogP contribution is 2.78. The molecule has 1 aromatic heterocycles. The van der Waals surface area contributed by atoms with Crippen LogP contribution in [0.2, 0.25) is 5.02 Å². The summed E-state index contributed by atoms with van der Waals surface area (Å²) >= 11 is 6.46. The zero-order valence-corrected chi connectivity index (χ0v) is 40.7. The largest absolute Gasteiger partial charge is 0.453 e. The van der Waals surface area contributed by atoms with Crippen LogP contribution in [0.15, 0.2) is 58.6 Å². The standard InChI is InChI=1S/C55H71ClF3NO6/c1-31(2)37-12-8-32(3)24-44(37)66-48(63)60(29-33-9-10-34-26-39(33)49(34,4)5)30-53(64)21-18-46-51(53,7)20-17-45-50(6)19-16-36(61)27-52(50)22-23-54(45,46)40(28-52)47(62)43-15-14-42(65-43)38-25-35(55(57,58)59)11-13-41(38)56/h11,13-15,22-23,25,28,31-34,36-37,39,44-46,61,64H,8-10,12,16-21,24,26-27,29-30H2,1-7H3/t32-,33-,34-,36?,37+,39-,44-,45+,46+,50+,51-,52-,53+,54+/m0/s1. The molecule has 7 saturated carbocycles. The molecule has 0 radical (unpaired) electrons. The number of aliphatic hydroxyl groups excluding tert-OH is 1. The van der Waals surface area contributed by atoms with Gasteiger partial charge in [-0.15, -0.1) is 0 Å². The first kappa shape index (κ1) is 46.6. The smallest absolute Gasteiger partial charge is 0.416 e. The molecule has 1 aromatic carbocycles. The molecular formula is C55H71ClF3NO6. The maximum absolute atomic E-state index is 15.4. The van der Waals surface area contributed by atoms with Gasteiger partial charge in [-0.1, -0.05) is 84.7 Å². The average Bonchev–Trinajstić information content (AvgIpc) is 3.85. The minimum atomic E-state index is -4.60. The van der Waals surface area contributed by atoms with Crippen molar-refractivity contribution in [3.8, 4) is 11.3 Å². The number of rotatable bonds is 9. The fourth-order valence-corrected chi connectivity index (χ4v) is 16.9. The number of furan rings is 1. The van der Waals surface area contributed by atoms with Crippen molar-refractivity contribution in [3.05, 3.63) is 70.5 Å². The highest BCUT2D eigenvalue weighted by molar-refractivity contribution is 6.33. The summed E-state index contributed by atoms with van der Waals surface area (Å²) in [5, 5.41) is 24.9. The van der Waals surface area contributed by atoms with Crippen molar-refractivity contribution in [1.82, 2.24) is 4.90 Å². The average molecular weight is 935 g/mol. The Balaban J connectivity index is 1.01. The summed E-state index contributed by atoms with van der Waals surface area (Å²) in [5.41, 5.74) is -3.70. The zero-order chi connectivity index (χ0) is 47.1. The molecule has 0 aliphatic heterocycles. The number of allylic oxidation sites excluding steroid dienone is 4. The van der Waals surface area contributed by atoms with Gasteiger partial charge in [-0.2, -0.15) is 13.2 Å². The lowest BCUT2D eigenvalue weighted by Crippen LogP contribution is -2.67. The fraction of sp³-hybridized carbons (Fsp3) is 0.709. The van der Waals surface area contributed by atoms with Crippen molar-refractivity contribution in [2.24, 2.45) is 74.4 Å². The summed E-state index contributed by atoms with van der Waals surface area (Å²) in [6.45, 7) is 16.7. The van der Waals surface area contributed by atoms with E-state index in [1.165, 1.54) is 24.6 Å². The van der Waals surface area contributed by atoms with Crippen molar-refractivity contribution in [1.29, 1.82) is 0 Å². The zero-order valence-electron chi connectivity index (χ0n) is 40.0. The summed E-state index contributed by atoms with van der Waals surface area (Å²) in [6, 6.07) is 6.11. The van der Waals surface area contributed by atoms with E-state index < -0.39 is 39.7 Å². The van der Waals surface area contributed by atoms with E-state index in [-0.39, 0.29) is 75.2 Å². The Morgan fingerprint density at radius 2 is 1.65 bits per heavy atom. The molecule has 7 nitrogen and oxygen atoms in total. The first-order valence-corrected chi connectivity index (χ1v) is 25.7. The number of ketones is 1. The van der Waals surface area contributed by atoms with Crippen LogP contribution in [-0.2, 0) is 10.9 Å².